The standard InChI is InChI=1S/C38H39N9O6/c1-22-13-24(19-44(22)2)41-37(50)35-42-33(21-46(35)4)43-36(49)30-15-25(20-45(30)3)40-34(48)11-8-12-53-32-17-28-27(16-31(32)52-5)38(51)47-26(18-39-28)14-23-9-6-7-10-29(23)47/h6-7,9-10,13,15-21,26H,8,11-12,14H2,1-5H3,(H,40,48)(H,41,50)(H,43,49). The van der Waals surface area contributed by atoms with Gasteiger partial charge in [-0.1, -0.05) is 18.2 Å². The molecule has 0 radical (unpaired) electrons. The van der Waals surface area contributed by atoms with E-state index in [4.69, 9.17) is 9.47 Å². The largest absolute Gasteiger partial charge is 0.493 e. The number of fused-ring (bicyclic) bond motifs is 4. The molecule has 2 aliphatic rings. The van der Waals surface area contributed by atoms with E-state index in [1.165, 1.54) is 11.7 Å². The number of carbonyl (C=O) groups is 4. The van der Waals surface area contributed by atoms with Crippen LogP contribution in [0.25, 0.3) is 0 Å². The number of para-hydroxylation sites is 1. The third kappa shape index (κ3) is 7.00. The smallest absolute Gasteiger partial charge is 0.291 e. The fraction of sp³-hybridized carbons (Fsp3) is 0.263. The van der Waals surface area contributed by atoms with E-state index in [9.17, 15) is 19.2 Å². The molecular formula is C38H39N9O6. The Hall–Kier alpha value is -6.64. The zero-order chi connectivity index (χ0) is 37.4. The molecule has 0 bridgehead atoms. The third-order valence-corrected chi connectivity index (χ3v) is 9.29. The molecule has 3 aromatic heterocycles. The summed E-state index contributed by atoms with van der Waals surface area (Å²) in [5, 5.41) is 8.36. The molecule has 272 valence electrons. The molecule has 2 aliphatic heterocycles. The number of carbonyl (C=O) groups excluding carboxylic acids is 4. The molecule has 0 aliphatic carbocycles. The number of nitrogens with one attached hydrogen (secondary N) is 3. The first kappa shape index (κ1) is 34.8. The number of ether oxygens (including phenoxy) is 2. The minimum absolute atomic E-state index is 0.126. The van der Waals surface area contributed by atoms with Gasteiger partial charge in [-0.05, 0) is 43.2 Å². The summed E-state index contributed by atoms with van der Waals surface area (Å²) in [4.78, 5) is 63.1. The second-order valence-corrected chi connectivity index (χ2v) is 13.0. The van der Waals surface area contributed by atoms with Crippen LogP contribution >= 0.6 is 0 Å². The van der Waals surface area contributed by atoms with Gasteiger partial charge in [-0.3, -0.25) is 29.1 Å². The Kier molecular flexibility index (Phi) is 9.30. The fourth-order valence-corrected chi connectivity index (χ4v) is 6.53. The highest BCUT2D eigenvalue weighted by Crippen LogP contribution is 2.41. The number of amides is 4. The van der Waals surface area contributed by atoms with E-state index < -0.39 is 11.8 Å². The molecule has 1 atom stereocenters. The number of imidazole rings is 1. The number of nitrogens with zero attached hydrogens (tertiary/aromatic N) is 6. The van der Waals surface area contributed by atoms with Gasteiger partial charge >= 0.3 is 0 Å². The summed E-state index contributed by atoms with van der Waals surface area (Å²) < 4.78 is 16.6. The van der Waals surface area contributed by atoms with Crippen molar-refractivity contribution in [3.8, 4) is 11.5 Å². The summed E-state index contributed by atoms with van der Waals surface area (Å²) >= 11 is 0. The maximum absolute atomic E-state index is 13.6. The molecule has 4 amide bonds. The molecule has 53 heavy (non-hydrogen) atoms. The van der Waals surface area contributed by atoms with E-state index in [2.05, 4.69) is 25.9 Å². The fourth-order valence-electron chi connectivity index (χ4n) is 6.53. The van der Waals surface area contributed by atoms with Crippen molar-refractivity contribution >= 4 is 58.4 Å². The van der Waals surface area contributed by atoms with Crippen molar-refractivity contribution in [3.05, 3.63) is 95.5 Å². The topological polar surface area (TPSA) is 166 Å². The monoisotopic (exact) mass is 717 g/mol. The number of rotatable bonds is 11. The van der Waals surface area contributed by atoms with Crippen LogP contribution in [-0.4, -0.2) is 68.3 Å². The predicted molar refractivity (Wildman–Crippen MR) is 200 cm³/mol. The molecule has 5 aromatic rings. The zero-order valence-electron chi connectivity index (χ0n) is 30.0. The predicted octanol–water partition coefficient (Wildman–Crippen LogP) is 5.00. The Balaban J connectivity index is 0.918. The number of benzene rings is 2. The van der Waals surface area contributed by atoms with Crippen molar-refractivity contribution in [1.29, 1.82) is 0 Å². The van der Waals surface area contributed by atoms with Gasteiger partial charge in [0.25, 0.3) is 17.7 Å². The molecule has 5 heterocycles. The van der Waals surface area contributed by atoms with Crippen LogP contribution in [-0.2, 0) is 32.4 Å². The van der Waals surface area contributed by atoms with Gasteiger partial charge in [-0.25, -0.2) is 4.98 Å². The van der Waals surface area contributed by atoms with Gasteiger partial charge in [0, 0.05) is 76.2 Å². The van der Waals surface area contributed by atoms with E-state index in [0.717, 1.165) is 16.9 Å². The van der Waals surface area contributed by atoms with Gasteiger partial charge in [-0.15, -0.1) is 0 Å². The van der Waals surface area contributed by atoms with Crippen molar-refractivity contribution < 1.29 is 28.7 Å². The van der Waals surface area contributed by atoms with Gasteiger partial charge in [0.15, 0.2) is 17.3 Å². The highest BCUT2D eigenvalue weighted by Gasteiger charge is 2.36. The van der Waals surface area contributed by atoms with Crippen molar-refractivity contribution in [3.63, 3.8) is 0 Å². The van der Waals surface area contributed by atoms with Crippen molar-refractivity contribution in [2.45, 2.75) is 32.2 Å². The third-order valence-electron chi connectivity index (χ3n) is 9.29. The average molecular weight is 718 g/mol. The van der Waals surface area contributed by atoms with Crippen molar-refractivity contribution in [2.24, 2.45) is 26.1 Å². The van der Waals surface area contributed by atoms with Crippen LogP contribution in [0, 0.1) is 6.92 Å². The lowest BCUT2D eigenvalue weighted by Crippen LogP contribution is -2.37. The average Bonchev–Trinajstić information content (AvgIpc) is 3.86. The summed E-state index contributed by atoms with van der Waals surface area (Å²) in [6, 6.07) is 14.4. The van der Waals surface area contributed by atoms with Crippen LogP contribution < -0.4 is 30.3 Å². The summed E-state index contributed by atoms with van der Waals surface area (Å²) in [5.74, 6) is -0.144. The molecule has 0 fully saturated rings. The Bertz CT molecular complexity index is 2280. The first-order chi connectivity index (χ1) is 25.5. The number of hydrogen-bond donors (Lipinski definition) is 3. The molecule has 7 rings (SSSR count). The maximum atomic E-state index is 13.6. The van der Waals surface area contributed by atoms with Crippen molar-refractivity contribution in [1.82, 2.24) is 18.7 Å². The molecule has 15 nitrogen and oxygen atoms in total. The Morgan fingerprint density at radius 3 is 2.43 bits per heavy atom. The lowest BCUT2D eigenvalue weighted by molar-refractivity contribution is -0.116. The second-order valence-electron chi connectivity index (χ2n) is 13.0. The number of aromatic nitrogens is 4. The number of hydrogen-bond acceptors (Lipinski definition) is 8. The molecule has 0 spiro atoms. The van der Waals surface area contributed by atoms with Crippen molar-refractivity contribution in [2.75, 3.05) is 34.6 Å². The molecular weight excluding hydrogens is 678 g/mol. The molecule has 15 heteroatoms. The van der Waals surface area contributed by atoms with E-state index >= 15 is 0 Å². The molecule has 0 saturated heterocycles. The summed E-state index contributed by atoms with van der Waals surface area (Å²) in [6.07, 6.45) is 8.02. The lowest BCUT2D eigenvalue weighted by atomic mass is 10.1. The number of aryl methyl sites for hydroxylation is 4. The van der Waals surface area contributed by atoms with Crippen LogP contribution in [0.5, 0.6) is 11.5 Å². The van der Waals surface area contributed by atoms with Crippen LogP contribution in [0.1, 0.15) is 55.6 Å². The van der Waals surface area contributed by atoms with Gasteiger partial charge in [0.2, 0.25) is 11.7 Å². The minimum Gasteiger partial charge on any atom is -0.493 e. The Labute approximate surface area is 305 Å². The number of aliphatic imine (C=N–C) groups is 1. The minimum atomic E-state index is -0.462. The summed E-state index contributed by atoms with van der Waals surface area (Å²) in [6.45, 7) is 2.14. The van der Waals surface area contributed by atoms with Crippen LogP contribution in [0.2, 0.25) is 0 Å². The number of anilines is 4. The SMILES string of the molecule is COc1cc2c(cc1OCCCC(=O)Nc1cc(C(=O)Nc3cn(C)c(C(=O)Nc4cc(C)n(C)c4)n3)n(C)c1)N=CC1Cc3ccccc3N1C2=O. The quantitative estimate of drug-likeness (QED) is 0.162. The van der Waals surface area contributed by atoms with E-state index in [1.807, 2.05) is 48.9 Å². The lowest BCUT2D eigenvalue weighted by Gasteiger charge is -2.22. The van der Waals surface area contributed by atoms with Crippen LogP contribution in [0.3, 0.4) is 0 Å². The Morgan fingerprint density at radius 1 is 0.887 bits per heavy atom. The zero-order valence-corrected chi connectivity index (χ0v) is 30.0. The van der Waals surface area contributed by atoms with Gasteiger partial charge in [0.05, 0.1) is 42.4 Å². The molecule has 1 unspecified atom stereocenters. The summed E-state index contributed by atoms with van der Waals surface area (Å²) in [7, 11) is 6.74. The molecule has 0 saturated carbocycles. The maximum Gasteiger partial charge on any atom is 0.291 e. The second kappa shape index (κ2) is 14.2. The first-order valence-electron chi connectivity index (χ1n) is 17.0. The van der Waals surface area contributed by atoms with Gasteiger partial charge in [0.1, 0.15) is 5.69 Å². The van der Waals surface area contributed by atoms with Gasteiger partial charge < -0.3 is 39.1 Å². The summed E-state index contributed by atoms with van der Waals surface area (Å²) in [5.41, 5.74) is 5.25. The van der Waals surface area contributed by atoms with Crippen LogP contribution in [0.15, 0.2) is 72.1 Å². The molecule has 3 N–H and O–H groups in total. The van der Waals surface area contributed by atoms with Crippen LogP contribution in [0.4, 0.5) is 28.6 Å². The highest BCUT2D eigenvalue weighted by molar-refractivity contribution is 6.15. The number of methoxy groups -OCH3 is 1. The van der Waals surface area contributed by atoms with E-state index in [1.54, 1.807) is 66.6 Å². The van der Waals surface area contributed by atoms with E-state index in [0.29, 0.717) is 47.0 Å². The van der Waals surface area contributed by atoms with E-state index in [-0.39, 0.29) is 48.2 Å². The highest BCUT2D eigenvalue weighted by atomic mass is 16.5. The first-order valence-corrected chi connectivity index (χ1v) is 17.0. The molecule has 2 aromatic carbocycles. The Morgan fingerprint density at radius 2 is 1.66 bits per heavy atom. The normalized spacial score (nSPS) is 14.2. The van der Waals surface area contributed by atoms with Gasteiger partial charge in [-0.2, -0.15) is 0 Å².